The van der Waals surface area contributed by atoms with Crippen molar-refractivity contribution in [2.24, 2.45) is 5.92 Å². The minimum Gasteiger partial charge on any atom is -0.312 e. The second-order valence-electron chi connectivity index (χ2n) is 6.37. The van der Waals surface area contributed by atoms with E-state index in [1.807, 2.05) is 11.3 Å². The van der Waals surface area contributed by atoms with Crippen LogP contribution < -0.4 is 5.32 Å². The van der Waals surface area contributed by atoms with Crippen LogP contribution in [-0.4, -0.2) is 11.5 Å². The summed E-state index contributed by atoms with van der Waals surface area (Å²) in [5, 5.41) is 4.93. The van der Waals surface area contributed by atoms with Crippen LogP contribution in [0.5, 0.6) is 0 Å². The molecule has 0 aliphatic heterocycles. The van der Waals surface area contributed by atoms with Crippen LogP contribution in [0.3, 0.4) is 0 Å². The van der Waals surface area contributed by atoms with Gasteiger partial charge in [-0.25, -0.2) is 4.98 Å². The molecule has 2 aliphatic carbocycles. The van der Waals surface area contributed by atoms with Crippen molar-refractivity contribution in [2.45, 2.75) is 70.8 Å². The average molecular weight is 278 g/mol. The highest BCUT2D eigenvalue weighted by molar-refractivity contribution is 7.11. The smallest absolute Gasteiger partial charge is 0.0962 e. The van der Waals surface area contributed by atoms with Gasteiger partial charge in [-0.05, 0) is 38.1 Å². The fourth-order valence-corrected chi connectivity index (χ4v) is 4.39. The van der Waals surface area contributed by atoms with Crippen LogP contribution in [0.4, 0.5) is 0 Å². The Bertz CT molecular complexity index is 414. The van der Waals surface area contributed by atoms with E-state index in [4.69, 9.17) is 4.98 Å². The Morgan fingerprint density at radius 1 is 1.11 bits per heavy atom. The van der Waals surface area contributed by atoms with Gasteiger partial charge in [-0.2, -0.15) is 0 Å². The second kappa shape index (κ2) is 5.92. The van der Waals surface area contributed by atoms with Crippen LogP contribution in [0.15, 0.2) is 0 Å². The van der Waals surface area contributed by atoms with Crippen molar-refractivity contribution in [1.82, 2.24) is 10.3 Å². The van der Waals surface area contributed by atoms with Crippen LogP contribution in [0, 0.1) is 5.92 Å². The van der Waals surface area contributed by atoms with Crippen molar-refractivity contribution in [1.29, 1.82) is 0 Å². The monoisotopic (exact) mass is 278 g/mol. The summed E-state index contributed by atoms with van der Waals surface area (Å²) >= 11 is 2.00. The Labute approximate surface area is 121 Å². The van der Waals surface area contributed by atoms with Crippen molar-refractivity contribution < 1.29 is 0 Å². The molecule has 3 rings (SSSR count). The molecule has 0 radical (unpaired) electrons. The highest BCUT2D eigenvalue weighted by Crippen LogP contribution is 2.45. The maximum Gasteiger partial charge on any atom is 0.0962 e. The van der Waals surface area contributed by atoms with Crippen LogP contribution in [0.2, 0.25) is 0 Å². The summed E-state index contributed by atoms with van der Waals surface area (Å²) in [4.78, 5) is 6.58. The number of nitrogens with one attached hydrogen (secondary N) is 1. The molecule has 106 valence electrons. The van der Waals surface area contributed by atoms with E-state index in [0.29, 0.717) is 0 Å². The van der Waals surface area contributed by atoms with Gasteiger partial charge in [-0.3, -0.25) is 0 Å². The zero-order chi connectivity index (χ0) is 13.2. The summed E-state index contributed by atoms with van der Waals surface area (Å²) < 4.78 is 0. The third kappa shape index (κ3) is 3.19. The lowest BCUT2D eigenvalue weighted by Gasteiger charge is -2.24. The second-order valence-corrected chi connectivity index (χ2v) is 7.49. The summed E-state index contributed by atoms with van der Waals surface area (Å²) in [7, 11) is 0. The Morgan fingerprint density at radius 2 is 1.79 bits per heavy atom. The number of hydrogen-bond acceptors (Lipinski definition) is 3. The van der Waals surface area contributed by atoms with Crippen molar-refractivity contribution in [2.75, 3.05) is 6.54 Å². The van der Waals surface area contributed by atoms with Crippen molar-refractivity contribution in [3.8, 4) is 0 Å². The molecule has 0 bridgehead atoms. The first-order valence-electron chi connectivity index (χ1n) is 7.98. The first-order chi connectivity index (χ1) is 9.28. The zero-order valence-electron chi connectivity index (χ0n) is 12.2. The standard InChI is InChI=1S/C16H26N2S/c1-3-17-10-14-15(12-8-9-12)18-16(19-14)13-6-4-11(2)5-7-13/h11-13,17H,3-10H2,1-2H3. The van der Waals surface area contributed by atoms with Gasteiger partial charge in [0.1, 0.15) is 0 Å². The van der Waals surface area contributed by atoms with Gasteiger partial charge in [0.25, 0.3) is 0 Å². The van der Waals surface area contributed by atoms with Gasteiger partial charge in [-0.1, -0.05) is 26.7 Å². The molecule has 2 aliphatic rings. The molecule has 0 saturated heterocycles. The summed E-state index contributed by atoms with van der Waals surface area (Å²) in [5.41, 5.74) is 1.44. The van der Waals surface area contributed by atoms with Gasteiger partial charge in [-0.15, -0.1) is 11.3 Å². The Balaban J connectivity index is 1.74. The number of thiazole rings is 1. The van der Waals surface area contributed by atoms with E-state index in [9.17, 15) is 0 Å². The predicted octanol–water partition coefficient (Wildman–Crippen LogP) is 4.42. The van der Waals surface area contributed by atoms with Crippen molar-refractivity contribution in [3.63, 3.8) is 0 Å². The normalized spacial score (nSPS) is 27.7. The molecule has 2 saturated carbocycles. The van der Waals surface area contributed by atoms with E-state index in [-0.39, 0.29) is 0 Å². The van der Waals surface area contributed by atoms with Gasteiger partial charge < -0.3 is 5.32 Å². The Morgan fingerprint density at radius 3 is 2.42 bits per heavy atom. The van der Waals surface area contributed by atoms with Crippen LogP contribution in [0.25, 0.3) is 0 Å². The number of hydrogen-bond donors (Lipinski definition) is 1. The first kappa shape index (κ1) is 13.6. The molecule has 19 heavy (non-hydrogen) atoms. The van der Waals surface area contributed by atoms with E-state index in [1.165, 1.54) is 54.1 Å². The fourth-order valence-electron chi connectivity index (χ4n) is 3.10. The molecule has 0 unspecified atom stereocenters. The van der Waals surface area contributed by atoms with E-state index in [1.54, 1.807) is 0 Å². The largest absolute Gasteiger partial charge is 0.312 e. The molecule has 2 nitrogen and oxygen atoms in total. The molecule has 1 aromatic heterocycles. The van der Waals surface area contributed by atoms with E-state index in [0.717, 1.165) is 30.8 Å². The van der Waals surface area contributed by atoms with Gasteiger partial charge in [0.2, 0.25) is 0 Å². The SMILES string of the molecule is CCNCc1sc(C2CCC(C)CC2)nc1C1CC1. The molecule has 0 atom stereocenters. The molecule has 0 spiro atoms. The van der Waals surface area contributed by atoms with E-state index in [2.05, 4.69) is 19.2 Å². The molecule has 0 aromatic carbocycles. The topological polar surface area (TPSA) is 24.9 Å². The Hall–Kier alpha value is -0.410. The molecule has 3 heteroatoms. The van der Waals surface area contributed by atoms with Gasteiger partial charge in [0.15, 0.2) is 0 Å². The number of aromatic nitrogens is 1. The minimum atomic E-state index is 0.758. The lowest BCUT2D eigenvalue weighted by molar-refractivity contribution is 0.347. The van der Waals surface area contributed by atoms with Gasteiger partial charge in [0.05, 0.1) is 10.7 Å². The summed E-state index contributed by atoms with van der Waals surface area (Å²) in [6.45, 7) is 6.66. The predicted molar refractivity (Wildman–Crippen MR) is 81.8 cm³/mol. The zero-order valence-corrected chi connectivity index (χ0v) is 13.1. The molecule has 1 heterocycles. The highest BCUT2D eigenvalue weighted by atomic mass is 32.1. The first-order valence-corrected chi connectivity index (χ1v) is 8.79. The van der Waals surface area contributed by atoms with Crippen molar-refractivity contribution >= 4 is 11.3 Å². The fraction of sp³-hybridized carbons (Fsp3) is 0.812. The molecular weight excluding hydrogens is 252 g/mol. The van der Waals surface area contributed by atoms with Crippen molar-refractivity contribution in [3.05, 3.63) is 15.6 Å². The van der Waals surface area contributed by atoms with Gasteiger partial charge in [0, 0.05) is 23.3 Å². The average Bonchev–Trinajstić information content (AvgIpc) is 3.18. The maximum absolute atomic E-state index is 5.05. The third-order valence-electron chi connectivity index (χ3n) is 4.61. The molecule has 1 aromatic rings. The van der Waals surface area contributed by atoms with E-state index < -0.39 is 0 Å². The lowest BCUT2D eigenvalue weighted by atomic mass is 9.83. The highest BCUT2D eigenvalue weighted by Gasteiger charge is 2.31. The maximum atomic E-state index is 5.05. The van der Waals surface area contributed by atoms with Crippen LogP contribution in [0.1, 0.15) is 79.8 Å². The summed E-state index contributed by atoms with van der Waals surface area (Å²) in [5.74, 6) is 2.48. The molecule has 2 fully saturated rings. The van der Waals surface area contributed by atoms with Crippen LogP contribution in [-0.2, 0) is 6.54 Å². The summed E-state index contributed by atoms with van der Waals surface area (Å²) in [6.07, 6.45) is 8.24. The summed E-state index contributed by atoms with van der Waals surface area (Å²) in [6, 6.07) is 0. The van der Waals surface area contributed by atoms with E-state index >= 15 is 0 Å². The molecule has 0 amide bonds. The van der Waals surface area contributed by atoms with Crippen LogP contribution >= 0.6 is 11.3 Å². The number of nitrogens with zero attached hydrogens (tertiary/aromatic N) is 1. The molecular formula is C16H26N2S. The third-order valence-corrected chi connectivity index (χ3v) is 5.84. The lowest BCUT2D eigenvalue weighted by Crippen LogP contribution is -2.11. The quantitative estimate of drug-likeness (QED) is 0.862. The Kier molecular flexibility index (Phi) is 4.23. The molecule has 1 N–H and O–H groups in total. The van der Waals surface area contributed by atoms with Gasteiger partial charge >= 0.3 is 0 Å². The minimum absolute atomic E-state index is 0.758. The number of rotatable bonds is 5.